The molecule has 2 heterocycles. The largest absolute Gasteiger partial charge is 0.453 e. The van der Waals surface area contributed by atoms with Crippen LogP contribution in [0.3, 0.4) is 0 Å². The Balaban J connectivity index is 1.68. The molecule has 0 aliphatic heterocycles. The van der Waals surface area contributed by atoms with Crippen LogP contribution in [0.2, 0.25) is 0 Å². The maximum atomic E-state index is 12.9. The third-order valence-corrected chi connectivity index (χ3v) is 4.62. The van der Waals surface area contributed by atoms with Crippen molar-refractivity contribution in [3.05, 3.63) is 88.2 Å². The normalized spacial score (nSPS) is 12.5. The topological polar surface area (TPSA) is 99.8 Å². The highest BCUT2D eigenvalue weighted by Gasteiger charge is 2.31. The van der Waals surface area contributed by atoms with E-state index in [0.29, 0.717) is 10.9 Å². The summed E-state index contributed by atoms with van der Waals surface area (Å²) in [6, 6.07) is 15.3. The molecule has 2 aromatic carbocycles. The summed E-state index contributed by atoms with van der Waals surface area (Å²) in [5.41, 5.74) is -0.919. The molecule has 0 radical (unpaired) electrons. The second-order valence-corrected chi connectivity index (χ2v) is 6.64. The van der Waals surface area contributed by atoms with Gasteiger partial charge in [-0.2, -0.15) is 18.4 Å². The Bertz CT molecular complexity index is 1400. The minimum Gasteiger partial charge on any atom is -0.453 e. The Labute approximate surface area is 172 Å². The van der Waals surface area contributed by atoms with E-state index < -0.39 is 29.0 Å². The molecule has 0 bridgehead atoms. The lowest BCUT2D eigenvalue weighted by atomic mass is 10.0. The highest BCUT2D eigenvalue weighted by atomic mass is 19.4. The zero-order valence-electron chi connectivity index (χ0n) is 15.6. The van der Waals surface area contributed by atoms with Crippen molar-refractivity contribution in [3.8, 4) is 17.4 Å². The fraction of sp³-hybridized carbons (Fsp3) is 0.0909. The highest BCUT2D eigenvalue weighted by Crippen LogP contribution is 2.33. The number of aromatic amines is 1. The molecule has 6 nitrogen and oxygen atoms in total. The van der Waals surface area contributed by atoms with E-state index in [9.17, 15) is 28.0 Å². The van der Waals surface area contributed by atoms with Crippen molar-refractivity contribution in [1.29, 1.82) is 5.26 Å². The molecule has 0 saturated heterocycles. The number of hydrogen-bond acceptors (Lipinski definition) is 5. The quantitative estimate of drug-likeness (QED) is 0.480. The van der Waals surface area contributed by atoms with Gasteiger partial charge in [-0.3, -0.25) is 9.59 Å². The number of nitrogens with zero attached hydrogens (tertiary/aromatic N) is 2. The molecule has 154 valence electrons. The molecule has 0 fully saturated rings. The van der Waals surface area contributed by atoms with Gasteiger partial charge in [-0.1, -0.05) is 24.3 Å². The molecule has 1 N–H and O–H groups in total. The zero-order valence-corrected chi connectivity index (χ0v) is 15.6. The van der Waals surface area contributed by atoms with Gasteiger partial charge in [-0.05, 0) is 36.4 Å². The summed E-state index contributed by atoms with van der Waals surface area (Å²) in [5.74, 6) is -2.59. The molecular formula is C22H12F3N3O3. The van der Waals surface area contributed by atoms with Gasteiger partial charge in [-0.25, -0.2) is 4.98 Å². The van der Waals surface area contributed by atoms with Crippen molar-refractivity contribution >= 4 is 16.7 Å². The van der Waals surface area contributed by atoms with Crippen LogP contribution in [0.1, 0.15) is 27.9 Å². The van der Waals surface area contributed by atoms with Gasteiger partial charge >= 0.3 is 6.18 Å². The number of Topliss-reactive ketones (excluding diaryl/α,β-unsaturated/α-hetero) is 1. The first-order valence-corrected chi connectivity index (χ1v) is 8.98. The van der Waals surface area contributed by atoms with Crippen LogP contribution in [0, 0.1) is 11.3 Å². The fourth-order valence-corrected chi connectivity index (χ4v) is 3.10. The van der Waals surface area contributed by atoms with Gasteiger partial charge in [-0.15, -0.1) is 0 Å². The standard InChI is InChI=1S/C22H12F3N3O3/c23-22(24,25)13-5-3-4-12(10-13)17-8-9-18(31-17)19(29)15(11-26)20-27-16-7-2-1-6-14(16)21(30)28-20/h1-10,15H,(H,27,28,30)/t15-/m1/s1. The number of carbonyl (C=O) groups excluding carboxylic acids is 1. The number of fused-ring (bicyclic) bond motifs is 1. The molecule has 4 rings (SSSR count). The predicted molar refractivity (Wildman–Crippen MR) is 104 cm³/mol. The van der Waals surface area contributed by atoms with E-state index in [4.69, 9.17) is 4.42 Å². The Kier molecular flexibility index (Phi) is 4.91. The first-order chi connectivity index (χ1) is 14.8. The number of furan rings is 1. The van der Waals surface area contributed by atoms with E-state index in [0.717, 1.165) is 12.1 Å². The van der Waals surface area contributed by atoms with E-state index in [1.807, 2.05) is 0 Å². The molecule has 2 aromatic heterocycles. The van der Waals surface area contributed by atoms with Crippen LogP contribution in [0.4, 0.5) is 13.2 Å². The van der Waals surface area contributed by atoms with Gasteiger partial charge < -0.3 is 9.40 Å². The van der Waals surface area contributed by atoms with Crippen molar-refractivity contribution in [1.82, 2.24) is 9.97 Å². The van der Waals surface area contributed by atoms with E-state index in [1.54, 1.807) is 30.3 Å². The van der Waals surface area contributed by atoms with Gasteiger partial charge in [0.15, 0.2) is 11.7 Å². The Hall–Kier alpha value is -4.19. The maximum absolute atomic E-state index is 12.9. The number of alkyl halides is 3. The number of carbonyl (C=O) groups is 1. The average molecular weight is 423 g/mol. The van der Waals surface area contributed by atoms with E-state index in [1.165, 1.54) is 24.3 Å². The number of rotatable bonds is 4. The zero-order chi connectivity index (χ0) is 22.2. The Morgan fingerprint density at radius 1 is 1.10 bits per heavy atom. The first kappa shape index (κ1) is 20.1. The molecule has 0 saturated carbocycles. The summed E-state index contributed by atoms with van der Waals surface area (Å²) in [6.07, 6.45) is -4.53. The number of halogens is 3. The number of nitrogens with one attached hydrogen (secondary N) is 1. The molecular weight excluding hydrogens is 411 g/mol. The maximum Gasteiger partial charge on any atom is 0.416 e. The van der Waals surface area contributed by atoms with E-state index >= 15 is 0 Å². The van der Waals surface area contributed by atoms with Gasteiger partial charge in [0.05, 0.1) is 22.5 Å². The van der Waals surface area contributed by atoms with Gasteiger partial charge in [0.2, 0.25) is 5.78 Å². The predicted octanol–water partition coefficient (Wildman–Crippen LogP) is 4.69. The number of para-hydroxylation sites is 1. The molecule has 9 heteroatoms. The van der Waals surface area contributed by atoms with Crippen molar-refractivity contribution in [2.75, 3.05) is 0 Å². The minimum absolute atomic E-state index is 0.0334. The number of benzene rings is 2. The summed E-state index contributed by atoms with van der Waals surface area (Å²) in [7, 11) is 0. The smallest absolute Gasteiger partial charge is 0.416 e. The number of nitriles is 1. The van der Waals surface area contributed by atoms with Crippen molar-refractivity contribution < 1.29 is 22.4 Å². The van der Waals surface area contributed by atoms with Crippen LogP contribution in [0.15, 0.2) is 69.9 Å². The number of ketones is 1. The lowest BCUT2D eigenvalue weighted by Crippen LogP contribution is -2.19. The van der Waals surface area contributed by atoms with Gasteiger partial charge in [0.25, 0.3) is 5.56 Å². The third kappa shape index (κ3) is 3.83. The van der Waals surface area contributed by atoms with Crippen LogP contribution in [0.25, 0.3) is 22.2 Å². The lowest BCUT2D eigenvalue weighted by Gasteiger charge is -2.08. The summed E-state index contributed by atoms with van der Waals surface area (Å²) in [6.45, 7) is 0. The molecule has 0 spiro atoms. The summed E-state index contributed by atoms with van der Waals surface area (Å²) in [5, 5.41) is 9.83. The summed E-state index contributed by atoms with van der Waals surface area (Å²) >= 11 is 0. The second kappa shape index (κ2) is 7.57. The molecule has 1 atom stereocenters. The van der Waals surface area contributed by atoms with Gasteiger partial charge in [0, 0.05) is 5.56 Å². The van der Waals surface area contributed by atoms with Crippen LogP contribution in [0.5, 0.6) is 0 Å². The van der Waals surface area contributed by atoms with Crippen LogP contribution in [-0.4, -0.2) is 15.8 Å². The van der Waals surface area contributed by atoms with Crippen molar-refractivity contribution in [2.45, 2.75) is 12.1 Å². The van der Waals surface area contributed by atoms with Gasteiger partial charge in [0.1, 0.15) is 11.6 Å². The van der Waals surface area contributed by atoms with Crippen LogP contribution >= 0.6 is 0 Å². The first-order valence-electron chi connectivity index (χ1n) is 8.98. The van der Waals surface area contributed by atoms with E-state index in [-0.39, 0.29) is 22.9 Å². The Morgan fingerprint density at radius 2 is 1.87 bits per heavy atom. The van der Waals surface area contributed by atoms with Crippen molar-refractivity contribution in [2.24, 2.45) is 0 Å². The number of H-pyrrole nitrogens is 1. The molecule has 31 heavy (non-hydrogen) atoms. The molecule has 0 unspecified atom stereocenters. The minimum atomic E-state index is -4.53. The second-order valence-electron chi connectivity index (χ2n) is 6.64. The molecule has 0 aliphatic carbocycles. The molecule has 0 amide bonds. The molecule has 0 aliphatic rings. The third-order valence-electron chi connectivity index (χ3n) is 4.62. The lowest BCUT2D eigenvalue weighted by molar-refractivity contribution is -0.137. The van der Waals surface area contributed by atoms with Crippen LogP contribution < -0.4 is 5.56 Å². The SMILES string of the molecule is N#C[C@H](C(=O)c1ccc(-c2cccc(C(F)(F)F)c2)o1)c1nc2ccccc2c(=O)[nH]1. The average Bonchev–Trinajstić information content (AvgIpc) is 3.24. The monoisotopic (exact) mass is 423 g/mol. The number of aromatic nitrogens is 2. The van der Waals surface area contributed by atoms with E-state index in [2.05, 4.69) is 9.97 Å². The number of hydrogen-bond donors (Lipinski definition) is 1. The molecule has 4 aromatic rings. The summed E-state index contributed by atoms with van der Waals surface area (Å²) < 4.78 is 44.3. The summed E-state index contributed by atoms with van der Waals surface area (Å²) in [4.78, 5) is 31.7. The van der Waals surface area contributed by atoms with Crippen molar-refractivity contribution in [3.63, 3.8) is 0 Å². The highest BCUT2D eigenvalue weighted by molar-refractivity contribution is 6.00. The Morgan fingerprint density at radius 3 is 2.61 bits per heavy atom. The van der Waals surface area contributed by atoms with Crippen LogP contribution in [-0.2, 0) is 6.18 Å². The fourth-order valence-electron chi connectivity index (χ4n) is 3.10.